The van der Waals surface area contributed by atoms with Gasteiger partial charge in [-0.1, -0.05) is 20.3 Å². The Labute approximate surface area is 106 Å². The van der Waals surface area contributed by atoms with Crippen molar-refractivity contribution in [2.75, 3.05) is 0 Å². The van der Waals surface area contributed by atoms with Crippen LogP contribution in [-0.4, -0.2) is 33.2 Å². The van der Waals surface area contributed by atoms with E-state index in [9.17, 15) is 14.4 Å². The Hall–Kier alpha value is -1.59. The number of rotatable bonds is 9. The van der Waals surface area contributed by atoms with Crippen molar-refractivity contribution >= 4 is 17.9 Å². The molecule has 0 aliphatic rings. The zero-order valence-electron chi connectivity index (χ0n) is 10.6. The lowest BCUT2D eigenvalue weighted by molar-refractivity contribution is -0.153. The second-order valence-electron chi connectivity index (χ2n) is 4.47. The van der Waals surface area contributed by atoms with Crippen molar-refractivity contribution in [1.29, 1.82) is 0 Å². The second-order valence-corrected chi connectivity index (χ2v) is 4.47. The topological polar surface area (TPSA) is 112 Å². The molecular weight excluding hydrogens is 240 g/mol. The molecule has 0 spiro atoms. The highest BCUT2D eigenvalue weighted by Crippen LogP contribution is 2.23. The Bertz CT molecular complexity index is 312. The van der Waals surface area contributed by atoms with Crippen LogP contribution in [0.2, 0.25) is 0 Å². The summed E-state index contributed by atoms with van der Waals surface area (Å²) in [7, 11) is 0. The fraction of sp³-hybridized carbons (Fsp3) is 0.750. The first-order chi connectivity index (χ1) is 8.31. The van der Waals surface area contributed by atoms with Crippen LogP contribution < -0.4 is 0 Å². The first-order valence-corrected chi connectivity index (χ1v) is 5.99. The van der Waals surface area contributed by atoms with Crippen LogP contribution in [0.5, 0.6) is 0 Å². The third kappa shape index (κ3) is 5.16. The van der Waals surface area contributed by atoms with Gasteiger partial charge in [0.05, 0.1) is 17.8 Å². The quantitative estimate of drug-likeness (QED) is 0.581. The Balaban J connectivity index is 4.55. The highest BCUT2D eigenvalue weighted by Gasteiger charge is 2.31. The molecule has 3 N–H and O–H groups in total. The molecule has 3 unspecified atom stereocenters. The molecule has 0 aliphatic heterocycles. The number of hydrogen-bond donors (Lipinski definition) is 3. The van der Waals surface area contributed by atoms with Crippen LogP contribution in [0.25, 0.3) is 0 Å². The van der Waals surface area contributed by atoms with Crippen molar-refractivity contribution in [1.82, 2.24) is 0 Å². The monoisotopic (exact) mass is 260 g/mol. The van der Waals surface area contributed by atoms with Crippen molar-refractivity contribution in [3.05, 3.63) is 0 Å². The summed E-state index contributed by atoms with van der Waals surface area (Å²) in [6.07, 6.45) is 1.43. The van der Waals surface area contributed by atoms with Crippen molar-refractivity contribution in [3.8, 4) is 0 Å². The molecule has 0 heterocycles. The molecule has 6 heteroatoms. The van der Waals surface area contributed by atoms with Gasteiger partial charge in [0.25, 0.3) is 0 Å². The van der Waals surface area contributed by atoms with Crippen molar-refractivity contribution in [3.63, 3.8) is 0 Å². The molecule has 6 nitrogen and oxygen atoms in total. The summed E-state index contributed by atoms with van der Waals surface area (Å²) in [4.78, 5) is 32.7. The molecule has 0 saturated heterocycles. The van der Waals surface area contributed by atoms with Crippen LogP contribution in [0.1, 0.15) is 39.5 Å². The van der Waals surface area contributed by atoms with Crippen LogP contribution in [0.15, 0.2) is 0 Å². The van der Waals surface area contributed by atoms with Gasteiger partial charge in [-0.15, -0.1) is 0 Å². The fourth-order valence-electron chi connectivity index (χ4n) is 1.88. The maximum Gasteiger partial charge on any atom is 0.307 e. The van der Waals surface area contributed by atoms with E-state index in [0.717, 1.165) is 0 Å². The van der Waals surface area contributed by atoms with Gasteiger partial charge in [0.2, 0.25) is 0 Å². The van der Waals surface area contributed by atoms with Crippen LogP contribution in [0.3, 0.4) is 0 Å². The third-order valence-corrected chi connectivity index (χ3v) is 3.12. The summed E-state index contributed by atoms with van der Waals surface area (Å²) < 4.78 is 0. The van der Waals surface area contributed by atoms with Gasteiger partial charge in [0, 0.05) is 0 Å². The number of carboxylic acid groups (broad SMARTS) is 3. The molecular formula is C12H20O6. The predicted molar refractivity (Wildman–Crippen MR) is 63.2 cm³/mol. The summed E-state index contributed by atoms with van der Waals surface area (Å²) in [5.41, 5.74) is 0. The average molecular weight is 260 g/mol. The maximum absolute atomic E-state index is 11.0. The van der Waals surface area contributed by atoms with Gasteiger partial charge in [-0.25, -0.2) is 0 Å². The van der Waals surface area contributed by atoms with E-state index in [1.165, 1.54) is 6.92 Å². The van der Waals surface area contributed by atoms with E-state index in [4.69, 9.17) is 15.3 Å². The maximum atomic E-state index is 11.0. The van der Waals surface area contributed by atoms with Crippen LogP contribution in [0, 0.1) is 17.8 Å². The van der Waals surface area contributed by atoms with E-state index >= 15 is 0 Å². The number of carbonyl (C=O) groups is 3. The van der Waals surface area contributed by atoms with Crippen LogP contribution in [0.4, 0.5) is 0 Å². The van der Waals surface area contributed by atoms with E-state index in [1.54, 1.807) is 0 Å². The standard InChI is InChI=1S/C12H20O6/c1-3-4-8(11(15)16)5-6-9(12(17)18)7(2)10(13)14/h7-9H,3-6H2,1-2H3,(H,13,14)(H,15,16)(H,17,18). The van der Waals surface area contributed by atoms with Gasteiger partial charge in [-0.2, -0.15) is 0 Å². The molecule has 0 aromatic carbocycles. The number of aliphatic carboxylic acids is 3. The summed E-state index contributed by atoms with van der Waals surface area (Å²) >= 11 is 0. The summed E-state index contributed by atoms with van der Waals surface area (Å²) in [6, 6.07) is 0. The lowest BCUT2D eigenvalue weighted by atomic mass is 9.86. The van der Waals surface area contributed by atoms with Crippen molar-refractivity contribution < 1.29 is 29.7 Å². The molecule has 0 radical (unpaired) electrons. The molecule has 0 aromatic heterocycles. The third-order valence-electron chi connectivity index (χ3n) is 3.12. The second kappa shape index (κ2) is 7.68. The number of hydrogen-bond acceptors (Lipinski definition) is 3. The largest absolute Gasteiger partial charge is 0.481 e. The molecule has 0 bridgehead atoms. The molecule has 104 valence electrons. The van der Waals surface area contributed by atoms with Gasteiger partial charge in [-0.05, 0) is 19.3 Å². The van der Waals surface area contributed by atoms with Crippen molar-refractivity contribution in [2.24, 2.45) is 17.8 Å². The predicted octanol–water partition coefficient (Wildman–Crippen LogP) is 1.69. The Morgan fingerprint density at radius 2 is 1.44 bits per heavy atom. The highest BCUT2D eigenvalue weighted by atomic mass is 16.4. The average Bonchev–Trinajstić information content (AvgIpc) is 2.26. The minimum absolute atomic E-state index is 0.0692. The lowest BCUT2D eigenvalue weighted by Crippen LogP contribution is -2.28. The van der Waals surface area contributed by atoms with E-state index in [-0.39, 0.29) is 12.8 Å². The van der Waals surface area contributed by atoms with Gasteiger partial charge in [0.1, 0.15) is 0 Å². The van der Waals surface area contributed by atoms with Gasteiger partial charge >= 0.3 is 17.9 Å². The summed E-state index contributed by atoms with van der Waals surface area (Å²) in [5.74, 6) is -5.98. The van der Waals surface area contributed by atoms with Gasteiger partial charge < -0.3 is 15.3 Å². The molecule has 0 aliphatic carbocycles. The van der Waals surface area contributed by atoms with Gasteiger partial charge in [0.15, 0.2) is 0 Å². The van der Waals surface area contributed by atoms with Crippen molar-refractivity contribution in [2.45, 2.75) is 39.5 Å². The summed E-state index contributed by atoms with van der Waals surface area (Å²) in [5, 5.41) is 26.7. The first-order valence-electron chi connectivity index (χ1n) is 5.99. The molecule has 0 saturated carbocycles. The molecule has 0 rings (SSSR count). The van der Waals surface area contributed by atoms with Gasteiger partial charge in [-0.3, -0.25) is 14.4 Å². The number of carboxylic acids is 3. The molecule has 3 atom stereocenters. The smallest absolute Gasteiger partial charge is 0.307 e. The van der Waals surface area contributed by atoms with E-state index < -0.39 is 35.7 Å². The van der Waals surface area contributed by atoms with E-state index in [0.29, 0.717) is 12.8 Å². The molecule has 0 aromatic rings. The zero-order chi connectivity index (χ0) is 14.3. The van der Waals surface area contributed by atoms with E-state index in [1.807, 2.05) is 6.92 Å². The SMILES string of the molecule is CCCC(CCC(C(=O)O)C(C)C(=O)O)C(=O)O. The van der Waals surface area contributed by atoms with E-state index in [2.05, 4.69) is 0 Å². The minimum atomic E-state index is -1.19. The Kier molecular flexibility index (Phi) is 7.00. The first kappa shape index (κ1) is 16.4. The zero-order valence-corrected chi connectivity index (χ0v) is 10.6. The molecule has 0 fully saturated rings. The van der Waals surface area contributed by atoms with Crippen LogP contribution >= 0.6 is 0 Å². The molecule has 0 amide bonds. The molecule has 18 heavy (non-hydrogen) atoms. The Morgan fingerprint density at radius 3 is 1.78 bits per heavy atom. The summed E-state index contributed by atoms with van der Waals surface area (Å²) in [6.45, 7) is 3.18. The Morgan fingerprint density at radius 1 is 0.889 bits per heavy atom. The fourth-order valence-corrected chi connectivity index (χ4v) is 1.88. The highest BCUT2D eigenvalue weighted by molar-refractivity contribution is 5.79. The lowest BCUT2D eigenvalue weighted by Gasteiger charge is -2.18. The minimum Gasteiger partial charge on any atom is -0.481 e. The van der Waals surface area contributed by atoms with Crippen LogP contribution in [-0.2, 0) is 14.4 Å². The normalized spacial score (nSPS) is 15.7.